The van der Waals surface area contributed by atoms with Gasteiger partial charge in [-0.05, 0) is 37.0 Å². The van der Waals surface area contributed by atoms with Crippen LogP contribution >= 0.6 is 24.0 Å². The minimum Gasteiger partial charge on any atom is -0.378 e. The van der Waals surface area contributed by atoms with E-state index < -0.39 is 0 Å². The van der Waals surface area contributed by atoms with Crippen LogP contribution in [0.1, 0.15) is 44.1 Å². The highest BCUT2D eigenvalue weighted by Crippen LogP contribution is 2.26. The molecular formula is C22H36IN5O. The van der Waals surface area contributed by atoms with E-state index in [4.69, 9.17) is 0 Å². The van der Waals surface area contributed by atoms with Crippen LogP contribution in [0.4, 0.5) is 5.69 Å². The van der Waals surface area contributed by atoms with Gasteiger partial charge in [-0.1, -0.05) is 31.4 Å². The normalized spacial score (nSPS) is 20.2. The Bertz CT molecular complexity index is 670. The molecule has 3 rings (SSSR count). The summed E-state index contributed by atoms with van der Waals surface area (Å²) in [5.74, 6) is 1.43. The highest BCUT2D eigenvalue weighted by atomic mass is 127. The molecule has 1 saturated heterocycles. The Morgan fingerprint density at radius 1 is 1.14 bits per heavy atom. The molecule has 0 radical (unpaired) electrons. The Balaban J connectivity index is 0.00000300. The molecule has 1 aromatic carbocycles. The number of aliphatic imine (C=N–C) groups is 1. The van der Waals surface area contributed by atoms with E-state index in [1.807, 2.05) is 14.1 Å². The van der Waals surface area contributed by atoms with E-state index in [1.54, 1.807) is 7.05 Å². The Labute approximate surface area is 192 Å². The van der Waals surface area contributed by atoms with Crippen molar-refractivity contribution in [3.05, 3.63) is 29.8 Å². The first-order valence-electron chi connectivity index (χ1n) is 10.6. The van der Waals surface area contributed by atoms with Crippen molar-refractivity contribution in [2.45, 2.75) is 51.1 Å². The van der Waals surface area contributed by atoms with Gasteiger partial charge in [0.1, 0.15) is 0 Å². The maximum Gasteiger partial charge on any atom is 0.225 e. The van der Waals surface area contributed by atoms with Crippen LogP contribution in [0, 0.1) is 5.92 Å². The van der Waals surface area contributed by atoms with Gasteiger partial charge in [0, 0.05) is 58.4 Å². The lowest BCUT2D eigenvalue weighted by molar-refractivity contribution is -0.135. The van der Waals surface area contributed by atoms with Gasteiger partial charge in [-0.2, -0.15) is 0 Å². The van der Waals surface area contributed by atoms with Crippen LogP contribution in [0.15, 0.2) is 29.3 Å². The number of carbonyl (C=O) groups is 1. The van der Waals surface area contributed by atoms with Crippen molar-refractivity contribution < 1.29 is 4.79 Å². The number of amides is 1. The van der Waals surface area contributed by atoms with E-state index in [0.717, 1.165) is 44.9 Å². The van der Waals surface area contributed by atoms with E-state index in [-0.39, 0.29) is 35.9 Å². The molecule has 1 amide bonds. The van der Waals surface area contributed by atoms with Crippen molar-refractivity contribution in [2.75, 3.05) is 39.1 Å². The van der Waals surface area contributed by atoms with Gasteiger partial charge in [0.15, 0.2) is 5.96 Å². The minimum atomic E-state index is 0. The quantitative estimate of drug-likeness (QED) is 0.361. The van der Waals surface area contributed by atoms with Gasteiger partial charge in [-0.3, -0.25) is 9.79 Å². The zero-order valence-corrected chi connectivity index (χ0v) is 20.3. The van der Waals surface area contributed by atoms with E-state index in [0.29, 0.717) is 5.91 Å². The first-order valence-corrected chi connectivity index (χ1v) is 10.6. The number of nitrogens with one attached hydrogen (secondary N) is 2. The first kappa shape index (κ1) is 23.8. The Morgan fingerprint density at radius 3 is 2.45 bits per heavy atom. The van der Waals surface area contributed by atoms with Gasteiger partial charge < -0.3 is 20.4 Å². The molecule has 2 N–H and O–H groups in total. The lowest BCUT2D eigenvalue weighted by Crippen LogP contribution is -2.45. The molecule has 1 aliphatic heterocycles. The maximum absolute atomic E-state index is 12.7. The van der Waals surface area contributed by atoms with Crippen molar-refractivity contribution in [1.82, 2.24) is 15.5 Å². The summed E-state index contributed by atoms with van der Waals surface area (Å²) in [4.78, 5) is 21.2. The number of rotatable bonds is 5. The van der Waals surface area contributed by atoms with Gasteiger partial charge in [0.05, 0.1) is 0 Å². The summed E-state index contributed by atoms with van der Waals surface area (Å²) in [5.41, 5.74) is 2.41. The zero-order chi connectivity index (χ0) is 19.9. The number of guanidine groups is 1. The number of nitrogens with zero attached hydrogens (tertiary/aromatic N) is 3. The lowest BCUT2D eigenvalue weighted by atomic mass is 9.88. The van der Waals surface area contributed by atoms with E-state index in [2.05, 4.69) is 49.7 Å². The molecule has 29 heavy (non-hydrogen) atoms. The number of anilines is 1. The second-order valence-corrected chi connectivity index (χ2v) is 8.24. The zero-order valence-electron chi connectivity index (χ0n) is 18.0. The molecule has 0 aromatic heterocycles. The number of carbonyl (C=O) groups excluding carboxylic acids is 1. The largest absolute Gasteiger partial charge is 0.378 e. The van der Waals surface area contributed by atoms with E-state index in [1.165, 1.54) is 30.5 Å². The summed E-state index contributed by atoms with van der Waals surface area (Å²) < 4.78 is 0. The third-order valence-electron chi connectivity index (χ3n) is 5.93. The standard InChI is InChI=1S/C22H35N5O.HI/c1-23-22(24-15-17-9-11-20(12-10-17)26(2)3)25-19-13-14-27(16-19)21(28)18-7-5-4-6-8-18;/h9-12,18-19H,4-8,13-16H2,1-3H3,(H2,23,24,25);1H. The van der Waals surface area contributed by atoms with Crippen molar-refractivity contribution in [2.24, 2.45) is 10.9 Å². The number of hydrogen-bond donors (Lipinski definition) is 2. The van der Waals surface area contributed by atoms with Gasteiger partial charge in [-0.25, -0.2) is 0 Å². The summed E-state index contributed by atoms with van der Waals surface area (Å²) in [6.07, 6.45) is 6.83. The summed E-state index contributed by atoms with van der Waals surface area (Å²) in [7, 11) is 5.89. The molecule has 0 spiro atoms. The fraction of sp³-hybridized carbons (Fsp3) is 0.636. The minimum absolute atomic E-state index is 0. The molecule has 2 fully saturated rings. The highest BCUT2D eigenvalue weighted by Gasteiger charge is 2.31. The van der Waals surface area contributed by atoms with Crippen LogP contribution in [0.2, 0.25) is 0 Å². The summed E-state index contributed by atoms with van der Waals surface area (Å²) >= 11 is 0. The molecule has 1 atom stereocenters. The van der Waals surface area contributed by atoms with Crippen LogP contribution in [-0.4, -0.2) is 57.0 Å². The monoisotopic (exact) mass is 513 g/mol. The molecule has 2 aliphatic rings. The van der Waals surface area contributed by atoms with E-state index in [9.17, 15) is 4.79 Å². The number of benzene rings is 1. The maximum atomic E-state index is 12.7. The second-order valence-electron chi connectivity index (χ2n) is 8.24. The van der Waals surface area contributed by atoms with Crippen molar-refractivity contribution in [1.29, 1.82) is 0 Å². The first-order chi connectivity index (χ1) is 13.6. The van der Waals surface area contributed by atoms with Crippen LogP contribution in [0.25, 0.3) is 0 Å². The lowest BCUT2D eigenvalue weighted by Gasteiger charge is -2.26. The fourth-order valence-corrected chi connectivity index (χ4v) is 4.17. The average molecular weight is 513 g/mol. The molecule has 6 nitrogen and oxygen atoms in total. The summed E-state index contributed by atoms with van der Waals surface area (Å²) in [5, 5.41) is 6.88. The molecule has 1 aromatic rings. The SMILES string of the molecule is CN=C(NCc1ccc(N(C)C)cc1)NC1CCN(C(=O)C2CCCCC2)C1.I. The van der Waals surface area contributed by atoms with Gasteiger partial charge in [-0.15, -0.1) is 24.0 Å². The third-order valence-corrected chi connectivity index (χ3v) is 5.93. The predicted molar refractivity (Wildman–Crippen MR) is 131 cm³/mol. The molecule has 1 heterocycles. The van der Waals surface area contributed by atoms with Crippen LogP contribution < -0.4 is 15.5 Å². The predicted octanol–water partition coefficient (Wildman–Crippen LogP) is 3.22. The molecule has 7 heteroatoms. The van der Waals surface area contributed by atoms with E-state index >= 15 is 0 Å². The number of halogens is 1. The van der Waals surface area contributed by atoms with Crippen LogP contribution in [0.5, 0.6) is 0 Å². The van der Waals surface area contributed by atoms with Gasteiger partial charge in [0.25, 0.3) is 0 Å². The molecule has 1 saturated carbocycles. The van der Waals surface area contributed by atoms with Crippen molar-refractivity contribution >= 4 is 41.5 Å². The Kier molecular flexibility index (Phi) is 9.52. The molecule has 0 bridgehead atoms. The summed E-state index contributed by atoms with van der Waals surface area (Å²) in [6, 6.07) is 8.79. The smallest absolute Gasteiger partial charge is 0.225 e. The average Bonchev–Trinajstić information content (AvgIpc) is 3.20. The van der Waals surface area contributed by atoms with Crippen LogP contribution in [-0.2, 0) is 11.3 Å². The molecule has 1 unspecified atom stereocenters. The highest BCUT2D eigenvalue weighted by molar-refractivity contribution is 14.0. The number of hydrogen-bond acceptors (Lipinski definition) is 3. The Hall–Kier alpha value is -1.51. The second kappa shape index (κ2) is 11.6. The number of likely N-dealkylation sites (tertiary alicyclic amines) is 1. The van der Waals surface area contributed by atoms with Crippen molar-refractivity contribution in [3.8, 4) is 0 Å². The molecule has 1 aliphatic carbocycles. The topological polar surface area (TPSA) is 60.0 Å². The van der Waals surface area contributed by atoms with Crippen molar-refractivity contribution in [3.63, 3.8) is 0 Å². The molecule has 162 valence electrons. The van der Waals surface area contributed by atoms with Gasteiger partial charge in [0.2, 0.25) is 5.91 Å². The Morgan fingerprint density at radius 2 is 1.83 bits per heavy atom. The molecular weight excluding hydrogens is 477 g/mol. The fourth-order valence-electron chi connectivity index (χ4n) is 4.17. The van der Waals surface area contributed by atoms with Gasteiger partial charge >= 0.3 is 0 Å². The van der Waals surface area contributed by atoms with Crippen LogP contribution in [0.3, 0.4) is 0 Å². The third kappa shape index (κ3) is 6.76. The summed E-state index contributed by atoms with van der Waals surface area (Å²) in [6.45, 7) is 2.37.